The van der Waals surface area contributed by atoms with Crippen LogP contribution in [0.4, 0.5) is 0 Å². The minimum Gasteiger partial charge on any atom is -0.389 e. The van der Waals surface area contributed by atoms with E-state index in [4.69, 9.17) is 17.1 Å². The molecule has 4 fully saturated rings. The van der Waals surface area contributed by atoms with E-state index in [0.717, 1.165) is 31.2 Å². The number of aliphatic hydroxyl groups is 1. The average Bonchev–Trinajstić information content (AvgIpc) is 2.44. The minimum absolute atomic E-state index is 0.0192. The second-order valence-corrected chi connectivity index (χ2v) is 8.29. The van der Waals surface area contributed by atoms with Gasteiger partial charge in [0.15, 0.2) is 0 Å². The van der Waals surface area contributed by atoms with E-state index in [2.05, 4.69) is 10.0 Å². The lowest BCUT2D eigenvalue weighted by molar-refractivity contribution is -0.170. The smallest absolute Gasteiger partial charge is 0.0705 e. The van der Waals surface area contributed by atoms with Crippen LogP contribution >= 0.6 is 11.6 Å². The Morgan fingerprint density at radius 2 is 2.05 bits per heavy atom. The molecule has 4 aliphatic rings. The summed E-state index contributed by atoms with van der Waals surface area (Å²) in [6.07, 6.45) is 4.49. The normalized spacial score (nSPS) is 43.6. The van der Waals surface area contributed by atoms with E-state index in [1.54, 1.807) is 0 Å². The first-order valence-electron chi connectivity index (χ1n) is 8.03. The molecule has 1 aromatic carbocycles. The van der Waals surface area contributed by atoms with Crippen molar-refractivity contribution in [2.45, 2.75) is 48.6 Å². The molecule has 0 aromatic heterocycles. The van der Waals surface area contributed by atoms with Crippen molar-refractivity contribution in [1.82, 2.24) is 0 Å². The van der Waals surface area contributed by atoms with Gasteiger partial charge in [0, 0.05) is 15.7 Å². The summed E-state index contributed by atoms with van der Waals surface area (Å²) < 4.78 is 0. The number of alkyl halides is 1. The Hall–Kier alpha value is -1.22. The van der Waals surface area contributed by atoms with E-state index < -0.39 is 5.60 Å². The van der Waals surface area contributed by atoms with Gasteiger partial charge < -0.3 is 5.11 Å². The monoisotopic (exact) mass is 317 g/mol. The van der Waals surface area contributed by atoms with Crippen molar-refractivity contribution in [2.24, 2.45) is 22.9 Å². The van der Waals surface area contributed by atoms with E-state index in [0.29, 0.717) is 18.3 Å². The summed E-state index contributed by atoms with van der Waals surface area (Å²) in [6.45, 7) is 0. The number of benzene rings is 1. The van der Waals surface area contributed by atoms with Gasteiger partial charge >= 0.3 is 0 Å². The van der Waals surface area contributed by atoms with Crippen LogP contribution in [-0.2, 0) is 0 Å². The zero-order chi connectivity index (χ0) is 15.4. The van der Waals surface area contributed by atoms with Gasteiger partial charge in [-0.2, -0.15) is 0 Å². The summed E-state index contributed by atoms with van der Waals surface area (Å²) in [6, 6.07) is 9.54. The van der Waals surface area contributed by atoms with E-state index in [1.165, 1.54) is 0 Å². The van der Waals surface area contributed by atoms with Gasteiger partial charge in [0.2, 0.25) is 0 Å². The van der Waals surface area contributed by atoms with Crippen molar-refractivity contribution in [3.63, 3.8) is 0 Å². The van der Waals surface area contributed by atoms with Crippen LogP contribution in [-0.4, -0.2) is 15.6 Å². The number of hydrogen-bond donors (Lipinski definition) is 1. The number of hydrogen-bond acceptors (Lipinski definition) is 2. The van der Waals surface area contributed by atoms with E-state index in [1.807, 2.05) is 30.3 Å². The third-order valence-corrected chi connectivity index (χ3v) is 6.41. The standard InChI is InChI=1S/C17H20ClN3O/c18-16-7-11-6-13(9-16)14(17(22,8-11)10-16)15(20-21-19)12-4-2-1-3-5-12/h1-5,11,13-15,22H,6-10H2/t11-,13-,14+,15-,16-,17-/m1/s1. The highest BCUT2D eigenvalue weighted by atomic mass is 35.5. The molecule has 116 valence electrons. The van der Waals surface area contributed by atoms with Crippen LogP contribution < -0.4 is 0 Å². The molecule has 1 aromatic rings. The van der Waals surface area contributed by atoms with E-state index in [9.17, 15) is 5.11 Å². The summed E-state index contributed by atoms with van der Waals surface area (Å²) in [4.78, 5) is 2.83. The van der Waals surface area contributed by atoms with Gasteiger partial charge in [-0.1, -0.05) is 35.4 Å². The molecule has 4 aliphatic carbocycles. The van der Waals surface area contributed by atoms with Gasteiger partial charge in [-0.05, 0) is 55.0 Å². The first-order chi connectivity index (χ1) is 10.5. The van der Waals surface area contributed by atoms with Gasteiger partial charge in [0.1, 0.15) is 0 Å². The summed E-state index contributed by atoms with van der Waals surface area (Å²) >= 11 is 6.75. The maximum Gasteiger partial charge on any atom is 0.0705 e. The molecular weight excluding hydrogens is 298 g/mol. The summed E-state index contributed by atoms with van der Waals surface area (Å²) in [5, 5.41) is 15.4. The molecular formula is C17H20ClN3O. The molecule has 5 heteroatoms. The molecule has 0 heterocycles. The van der Waals surface area contributed by atoms with Crippen LogP contribution in [0, 0.1) is 17.8 Å². The molecule has 4 nitrogen and oxygen atoms in total. The van der Waals surface area contributed by atoms with Gasteiger partial charge in [-0.15, -0.1) is 11.6 Å². The Labute approximate surface area is 135 Å². The zero-order valence-electron chi connectivity index (χ0n) is 12.4. The highest BCUT2D eigenvalue weighted by molar-refractivity contribution is 6.24. The second-order valence-electron chi connectivity index (χ2n) is 7.49. The maximum absolute atomic E-state index is 11.3. The molecule has 0 unspecified atom stereocenters. The van der Waals surface area contributed by atoms with Crippen LogP contribution in [0.2, 0.25) is 0 Å². The Balaban J connectivity index is 1.76. The third kappa shape index (κ3) is 2.13. The first kappa shape index (κ1) is 14.4. The molecule has 0 saturated heterocycles. The molecule has 0 radical (unpaired) electrons. The van der Waals surface area contributed by atoms with E-state index >= 15 is 0 Å². The lowest BCUT2D eigenvalue weighted by Gasteiger charge is -2.63. The van der Waals surface area contributed by atoms with Gasteiger partial charge in [-0.25, -0.2) is 0 Å². The van der Waals surface area contributed by atoms with Crippen LogP contribution in [0.5, 0.6) is 0 Å². The fraction of sp³-hybridized carbons (Fsp3) is 0.647. The number of rotatable bonds is 3. The third-order valence-electron chi connectivity index (χ3n) is 5.97. The molecule has 22 heavy (non-hydrogen) atoms. The minimum atomic E-state index is -0.791. The molecule has 6 atom stereocenters. The average molecular weight is 318 g/mol. The molecule has 0 amide bonds. The molecule has 4 bridgehead atoms. The van der Waals surface area contributed by atoms with Crippen molar-refractivity contribution in [3.8, 4) is 0 Å². The van der Waals surface area contributed by atoms with Crippen molar-refractivity contribution in [3.05, 3.63) is 46.3 Å². The second kappa shape index (κ2) is 4.89. The SMILES string of the molecule is [N-]=[N+]=N[C@H](c1ccccc1)[C@@H]1[C@@H]2C[C@@H]3C[C@@](Cl)(C2)C[C@]1(O)C3. The van der Waals surface area contributed by atoms with Crippen LogP contribution in [0.15, 0.2) is 35.4 Å². The predicted molar refractivity (Wildman–Crippen MR) is 85.4 cm³/mol. The lowest BCUT2D eigenvalue weighted by Crippen LogP contribution is -2.63. The van der Waals surface area contributed by atoms with Crippen molar-refractivity contribution in [1.29, 1.82) is 0 Å². The highest BCUT2D eigenvalue weighted by Crippen LogP contribution is 2.65. The quantitative estimate of drug-likeness (QED) is 0.377. The predicted octanol–water partition coefficient (Wildman–Crippen LogP) is 4.59. The summed E-state index contributed by atoms with van der Waals surface area (Å²) in [5.74, 6) is 0.849. The maximum atomic E-state index is 11.3. The molecule has 0 spiro atoms. The Kier molecular flexibility index (Phi) is 3.19. The van der Waals surface area contributed by atoms with Crippen molar-refractivity contribution < 1.29 is 5.11 Å². The topological polar surface area (TPSA) is 69.0 Å². The van der Waals surface area contributed by atoms with Gasteiger partial charge in [-0.3, -0.25) is 0 Å². The van der Waals surface area contributed by atoms with Crippen LogP contribution in [0.3, 0.4) is 0 Å². The molecule has 0 aliphatic heterocycles. The fourth-order valence-electron chi connectivity index (χ4n) is 5.66. The lowest BCUT2D eigenvalue weighted by atomic mass is 9.47. The fourth-order valence-corrected chi connectivity index (χ4v) is 6.30. The highest BCUT2D eigenvalue weighted by Gasteiger charge is 2.63. The number of nitrogens with zero attached hydrogens (tertiary/aromatic N) is 3. The number of azide groups is 1. The number of halogens is 1. The van der Waals surface area contributed by atoms with E-state index in [-0.39, 0.29) is 16.8 Å². The molecule has 5 rings (SSSR count). The molecule has 4 saturated carbocycles. The van der Waals surface area contributed by atoms with Gasteiger partial charge in [0.25, 0.3) is 0 Å². The van der Waals surface area contributed by atoms with Crippen molar-refractivity contribution >= 4 is 11.6 Å². The molecule has 1 N–H and O–H groups in total. The Morgan fingerprint density at radius 1 is 1.27 bits per heavy atom. The van der Waals surface area contributed by atoms with Crippen LogP contribution in [0.25, 0.3) is 10.4 Å². The zero-order valence-corrected chi connectivity index (χ0v) is 13.2. The van der Waals surface area contributed by atoms with Crippen molar-refractivity contribution in [2.75, 3.05) is 0 Å². The Morgan fingerprint density at radius 3 is 2.68 bits per heavy atom. The summed E-state index contributed by atoms with van der Waals surface area (Å²) in [7, 11) is 0. The van der Waals surface area contributed by atoms with Crippen LogP contribution in [0.1, 0.15) is 43.7 Å². The summed E-state index contributed by atoms with van der Waals surface area (Å²) in [5.41, 5.74) is 9.24. The van der Waals surface area contributed by atoms with Gasteiger partial charge in [0.05, 0.1) is 11.6 Å². The first-order valence-corrected chi connectivity index (χ1v) is 8.41. The largest absolute Gasteiger partial charge is 0.389 e. The Bertz CT molecular complexity index is 632.